The number of amides is 1. The molecule has 1 aliphatic carbocycles. The number of methoxy groups -OCH3 is 1. The van der Waals surface area contributed by atoms with Gasteiger partial charge in [0.1, 0.15) is 11.6 Å². The molecule has 1 atom stereocenters. The van der Waals surface area contributed by atoms with Gasteiger partial charge >= 0.3 is 6.55 Å². The highest BCUT2D eigenvalue weighted by atomic mass is 19.3. The third-order valence-electron chi connectivity index (χ3n) is 4.85. The fourth-order valence-electron chi connectivity index (χ4n) is 3.56. The quantitative estimate of drug-likeness (QED) is 0.820. The molecule has 140 valence electrons. The Labute approximate surface area is 151 Å². The number of imidazole rings is 1. The molecular weight excluding hydrogens is 340 g/mol. The SMILES string of the molecule is COc1ccc2c(c1)CCCC2CC(=O)NCCc1nccn1C(F)F. The van der Waals surface area contributed by atoms with Crippen molar-refractivity contribution >= 4 is 5.91 Å². The van der Waals surface area contributed by atoms with Crippen molar-refractivity contribution in [3.8, 4) is 5.75 Å². The van der Waals surface area contributed by atoms with Crippen molar-refractivity contribution in [2.24, 2.45) is 0 Å². The van der Waals surface area contributed by atoms with Crippen LogP contribution in [0.2, 0.25) is 0 Å². The fraction of sp³-hybridized carbons (Fsp3) is 0.474. The van der Waals surface area contributed by atoms with Gasteiger partial charge in [0.25, 0.3) is 0 Å². The second-order valence-corrected chi connectivity index (χ2v) is 6.49. The van der Waals surface area contributed by atoms with Gasteiger partial charge in [0.05, 0.1) is 7.11 Å². The predicted molar refractivity (Wildman–Crippen MR) is 93.5 cm³/mol. The minimum Gasteiger partial charge on any atom is -0.497 e. The summed E-state index contributed by atoms with van der Waals surface area (Å²) in [4.78, 5) is 16.2. The average molecular weight is 363 g/mol. The molecule has 7 heteroatoms. The standard InChI is InChI=1S/C19H23F2N3O2/c1-26-15-5-6-16-13(11-15)3-2-4-14(16)12-18(25)23-8-7-17-22-9-10-24(17)19(20)21/h5-6,9-11,14,19H,2-4,7-8,12H2,1H3,(H,23,25). The van der Waals surface area contributed by atoms with E-state index in [9.17, 15) is 13.6 Å². The summed E-state index contributed by atoms with van der Waals surface area (Å²) in [6.07, 6.45) is 6.29. The number of nitrogens with zero attached hydrogens (tertiary/aromatic N) is 2. The Kier molecular flexibility index (Phi) is 5.85. The number of halogens is 2. The van der Waals surface area contributed by atoms with Crippen molar-refractivity contribution in [2.45, 2.75) is 44.6 Å². The number of fused-ring (bicyclic) bond motifs is 1. The summed E-state index contributed by atoms with van der Waals surface area (Å²) < 4.78 is 31.6. The Bertz CT molecular complexity index is 761. The molecule has 0 radical (unpaired) electrons. The number of hydrogen-bond donors (Lipinski definition) is 1. The van der Waals surface area contributed by atoms with Gasteiger partial charge < -0.3 is 10.1 Å². The molecule has 0 saturated carbocycles. The lowest BCUT2D eigenvalue weighted by Crippen LogP contribution is -2.28. The van der Waals surface area contributed by atoms with E-state index in [1.165, 1.54) is 23.5 Å². The number of aryl methyl sites for hydroxylation is 1. The van der Waals surface area contributed by atoms with Crippen LogP contribution in [0, 0.1) is 0 Å². The van der Waals surface area contributed by atoms with Crippen LogP contribution in [0.3, 0.4) is 0 Å². The maximum atomic E-state index is 12.8. The molecule has 0 aliphatic heterocycles. The van der Waals surface area contributed by atoms with Crippen LogP contribution in [-0.4, -0.2) is 29.1 Å². The van der Waals surface area contributed by atoms with E-state index in [1.54, 1.807) is 7.11 Å². The molecule has 0 bridgehead atoms. The molecule has 26 heavy (non-hydrogen) atoms. The largest absolute Gasteiger partial charge is 0.497 e. The Morgan fingerprint density at radius 1 is 1.46 bits per heavy atom. The molecule has 0 fully saturated rings. The van der Waals surface area contributed by atoms with Crippen LogP contribution in [-0.2, 0) is 17.6 Å². The monoisotopic (exact) mass is 363 g/mol. The molecule has 1 N–H and O–H groups in total. The van der Waals surface area contributed by atoms with Crippen molar-refractivity contribution in [3.63, 3.8) is 0 Å². The first kappa shape index (κ1) is 18.4. The average Bonchev–Trinajstić information content (AvgIpc) is 3.10. The third-order valence-corrected chi connectivity index (χ3v) is 4.85. The molecule has 1 aliphatic rings. The van der Waals surface area contributed by atoms with Crippen molar-refractivity contribution in [1.82, 2.24) is 14.9 Å². The Hall–Kier alpha value is -2.44. The summed E-state index contributed by atoms with van der Waals surface area (Å²) >= 11 is 0. The Balaban J connectivity index is 1.54. The first-order valence-electron chi connectivity index (χ1n) is 8.82. The normalized spacial score (nSPS) is 16.4. The van der Waals surface area contributed by atoms with E-state index in [0.717, 1.165) is 29.6 Å². The zero-order valence-corrected chi connectivity index (χ0v) is 14.8. The van der Waals surface area contributed by atoms with Crippen molar-refractivity contribution in [1.29, 1.82) is 0 Å². The molecular formula is C19H23F2N3O2. The van der Waals surface area contributed by atoms with Crippen LogP contribution in [0.25, 0.3) is 0 Å². The van der Waals surface area contributed by atoms with E-state index in [1.807, 2.05) is 18.2 Å². The predicted octanol–water partition coefficient (Wildman–Crippen LogP) is 3.46. The van der Waals surface area contributed by atoms with Gasteiger partial charge in [-0.2, -0.15) is 8.78 Å². The molecule has 3 rings (SSSR count). The molecule has 0 saturated heterocycles. The topological polar surface area (TPSA) is 56.1 Å². The van der Waals surface area contributed by atoms with E-state index in [-0.39, 0.29) is 24.1 Å². The summed E-state index contributed by atoms with van der Waals surface area (Å²) in [6, 6.07) is 6.02. The molecule has 1 aromatic heterocycles. The van der Waals surface area contributed by atoms with Gasteiger partial charge in [-0.05, 0) is 48.4 Å². The number of ether oxygens (including phenoxy) is 1. The molecule has 2 aromatic rings. The van der Waals surface area contributed by atoms with Crippen LogP contribution >= 0.6 is 0 Å². The van der Waals surface area contributed by atoms with Crippen LogP contribution in [0.1, 0.15) is 48.7 Å². The van der Waals surface area contributed by atoms with E-state index in [2.05, 4.69) is 10.3 Å². The number of benzene rings is 1. The van der Waals surface area contributed by atoms with Crippen molar-refractivity contribution < 1.29 is 18.3 Å². The highest BCUT2D eigenvalue weighted by Crippen LogP contribution is 2.35. The molecule has 1 heterocycles. The number of carbonyl (C=O) groups is 1. The van der Waals surface area contributed by atoms with Gasteiger partial charge in [-0.25, -0.2) is 4.98 Å². The number of nitrogens with one attached hydrogen (secondary N) is 1. The van der Waals surface area contributed by atoms with Gasteiger partial charge in [0, 0.05) is 31.8 Å². The van der Waals surface area contributed by atoms with Crippen LogP contribution in [0.15, 0.2) is 30.6 Å². The Morgan fingerprint density at radius 2 is 2.31 bits per heavy atom. The minimum atomic E-state index is -2.61. The minimum absolute atomic E-state index is 0.0613. The third kappa shape index (κ3) is 4.20. The first-order valence-corrected chi connectivity index (χ1v) is 8.82. The van der Waals surface area contributed by atoms with Gasteiger partial charge in [-0.3, -0.25) is 9.36 Å². The number of aromatic nitrogens is 2. The van der Waals surface area contributed by atoms with E-state index >= 15 is 0 Å². The molecule has 1 unspecified atom stereocenters. The summed E-state index contributed by atoms with van der Waals surface area (Å²) in [7, 11) is 1.65. The van der Waals surface area contributed by atoms with Crippen LogP contribution in [0.4, 0.5) is 8.78 Å². The summed E-state index contributed by atoms with van der Waals surface area (Å²) in [6.45, 7) is -2.32. The van der Waals surface area contributed by atoms with Crippen LogP contribution < -0.4 is 10.1 Å². The van der Waals surface area contributed by atoms with Gasteiger partial charge in [-0.15, -0.1) is 0 Å². The summed E-state index contributed by atoms with van der Waals surface area (Å²) in [5, 5.41) is 2.83. The zero-order chi connectivity index (χ0) is 18.5. The molecule has 1 aromatic carbocycles. The first-order chi connectivity index (χ1) is 12.6. The van der Waals surface area contributed by atoms with E-state index in [4.69, 9.17) is 4.74 Å². The highest BCUT2D eigenvalue weighted by molar-refractivity contribution is 5.77. The van der Waals surface area contributed by atoms with Gasteiger partial charge in [0.2, 0.25) is 5.91 Å². The lowest BCUT2D eigenvalue weighted by Gasteiger charge is -2.25. The Morgan fingerprint density at radius 3 is 3.08 bits per heavy atom. The van der Waals surface area contributed by atoms with E-state index in [0.29, 0.717) is 13.0 Å². The fourth-order valence-corrected chi connectivity index (χ4v) is 3.56. The highest BCUT2D eigenvalue weighted by Gasteiger charge is 2.23. The second kappa shape index (κ2) is 8.29. The van der Waals surface area contributed by atoms with Crippen molar-refractivity contribution in [2.75, 3.05) is 13.7 Å². The molecule has 1 amide bonds. The summed E-state index contributed by atoms with van der Waals surface area (Å²) in [5.74, 6) is 1.24. The maximum Gasteiger partial charge on any atom is 0.319 e. The van der Waals surface area contributed by atoms with Crippen molar-refractivity contribution in [3.05, 3.63) is 47.5 Å². The zero-order valence-electron chi connectivity index (χ0n) is 14.8. The van der Waals surface area contributed by atoms with Gasteiger partial charge in [0.15, 0.2) is 0 Å². The number of carbonyl (C=O) groups excluding carboxylic acids is 1. The van der Waals surface area contributed by atoms with Gasteiger partial charge in [-0.1, -0.05) is 6.07 Å². The van der Waals surface area contributed by atoms with E-state index < -0.39 is 6.55 Å². The second-order valence-electron chi connectivity index (χ2n) is 6.49. The molecule has 0 spiro atoms. The lowest BCUT2D eigenvalue weighted by atomic mass is 9.81. The maximum absolute atomic E-state index is 12.8. The lowest BCUT2D eigenvalue weighted by molar-refractivity contribution is -0.121. The number of hydrogen-bond acceptors (Lipinski definition) is 3. The number of rotatable bonds is 7. The van der Waals surface area contributed by atoms with Crippen LogP contribution in [0.5, 0.6) is 5.75 Å². The molecule has 5 nitrogen and oxygen atoms in total. The summed E-state index contributed by atoms with van der Waals surface area (Å²) in [5.41, 5.74) is 2.45. The number of alkyl halides is 2. The smallest absolute Gasteiger partial charge is 0.319 e.